The molecule has 0 spiro atoms. The molecule has 1 amide bonds. The summed E-state index contributed by atoms with van der Waals surface area (Å²) in [6.45, 7) is 4.04. The predicted octanol–water partition coefficient (Wildman–Crippen LogP) is 1.64. The molecule has 0 aliphatic carbocycles. The number of hydrogen-bond acceptors (Lipinski definition) is 5. The summed E-state index contributed by atoms with van der Waals surface area (Å²) < 4.78 is 11.4. The van der Waals surface area contributed by atoms with Crippen LogP contribution in [-0.4, -0.2) is 56.3 Å². The van der Waals surface area contributed by atoms with Gasteiger partial charge in [0.15, 0.2) is 18.1 Å². The lowest BCUT2D eigenvalue weighted by Gasteiger charge is -2.31. The molecule has 0 aromatic heterocycles. The molecular weight excluding hydrogens is 296 g/mol. The fraction of sp³-hybridized carbons (Fsp3) is 0.588. The lowest BCUT2D eigenvalue weighted by molar-refractivity contribution is -0.121. The van der Waals surface area contributed by atoms with Gasteiger partial charge in [0, 0.05) is 6.54 Å². The Bertz CT molecular complexity index is 546. The van der Waals surface area contributed by atoms with E-state index in [4.69, 9.17) is 9.47 Å². The maximum absolute atomic E-state index is 12.2. The van der Waals surface area contributed by atoms with Crippen LogP contribution in [0, 0.1) is 0 Å². The lowest BCUT2D eigenvalue weighted by Crippen LogP contribution is -2.40. The van der Waals surface area contributed by atoms with E-state index in [1.165, 1.54) is 0 Å². The number of nitrogens with zero attached hydrogens (tertiary/aromatic N) is 2. The molecule has 2 rings (SSSR count). The molecule has 1 aliphatic rings. The molecule has 1 aliphatic heterocycles. The molecule has 6 nitrogen and oxygen atoms in total. The lowest BCUT2D eigenvalue weighted by atomic mass is 10.1. The highest BCUT2D eigenvalue weighted by Crippen LogP contribution is 2.41. The van der Waals surface area contributed by atoms with Crippen LogP contribution in [0.25, 0.3) is 0 Å². The van der Waals surface area contributed by atoms with Crippen molar-refractivity contribution in [2.24, 2.45) is 0 Å². The van der Waals surface area contributed by atoms with Crippen LogP contribution in [0.15, 0.2) is 12.1 Å². The van der Waals surface area contributed by atoms with Crippen LogP contribution in [-0.2, 0) is 11.4 Å². The number of anilines is 1. The molecular formula is C17H26N2O4. The number of ether oxygens (including phenoxy) is 2. The van der Waals surface area contributed by atoms with Gasteiger partial charge in [-0.3, -0.25) is 4.79 Å². The number of aliphatic hydroxyl groups is 1. The second-order valence-corrected chi connectivity index (χ2v) is 5.94. The summed E-state index contributed by atoms with van der Waals surface area (Å²) in [6.07, 6.45) is 1.75. The fourth-order valence-corrected chi connectivity index (χ4v) is 2.54. The molecule has 128 valence electrons. The topological polar surface area (TPSA) is 62.2 Å². The third kappa shape index (κ3) is 4.36. The maximum atomic E-state index is 12.2. The van der Waals surface area contributed by atoms with E-state index in [-0.39, 0.29) is 19.1 Å². The maximum Gasteiger partial charge on any atom is 0.265 e. The average Bonchev–Trinajstić information content (AvgIpc) is 2.53. The number of carbonyl (C=O) groups is 1. The van der Waals surface area contributed by atoms with E-state index in [9.17, 15) is 9.90 Å². The van der Waals surface area contributed by atoms with E-state index in [1.54, 1.807) is 17.0 Å². The van der Waals surface area contributed by atoms with Gasteiger partial charge in [-0.25, -0.2) is 0 Å². The van der Waals surface area contributed by atoms with E-state index in [2.05, 4.69) is 4.90 Å². The Morgan fingerprint density at radius 1 is 1.39 bits per heavy atom. The molecule has 1 aromatic rings. The Morgan fingerprint density at radius 2 is 2.17 bits per heavy atom. The Kier molecular flexibility index (Phi) is 6.24. The molecule has 0 saturated carbocycles. The van der Waals surface area contributed by atoms with Gasteiger partial charge in [-0.2, -0.15) is 0 Å². The number of carbonyl (C=O) groups excluding carboxylic acids is 1. The monoisotopic (exact) mass is 322 g/mol. The van der Waals surface area contributed by atoms with E-state index in [1.807, 2.05) is 21.0 Å². The zero-order valence-electron chi connectivity index (χ0n) is 14.2. The standard InChI is InChI=1S/C17H26N2O4/c1-4-8-22-15-10-13(11-20)9-14-17(15)23-12-16(21)19(14)7-5-6-18(2)3/h9-10,20H,4-8,11-12H2,1-3H3. The van der Waals surface area contributed by atoms with Gasteiger partial charge in [-0.05, 0) is 51.2 Å². The summed E-state index contributed by atoms with van der Waals surface area (Å²) in [5, 5.41) is 9.48. The predicted molar refractivity (Wildman–Crippen MR) is 89.2 cm³/mol. The summed E-state index contributed by atoms with van der Waals surface area (Å²) in [4.78, 5) is 16.1. The zero-order chi connectivity index (χ0) is 16.8. The Labute approximate surface area is 137 Å². The third-order valence-electron chi connectivity index (χ3n) is 3.66. The molecule has 1 N–H and O–H groups in total. The first kappa shape index (κ1) is 17.6. The number of fused-ring (bicyclic) bond motifs is 1. The minimum atomic E-state index is -0.102. The van der Waals surface area contributed by atoms with Gasteiger partial charge in [0.1, 0.15) is 0 Å². The molecule has 1 heterocycles. The molecule has 23 heavy (non-hydrogen) atoms. The minimum absolute atomic E-state index is 0.0237. The van der Waals surface area contributed by atoms with Crippen LogP contribution in [0.5, 0.6) is 11.5 Å². The molecule has 0 fully saturated rings. The SMILES string of the molecule is CCCOc1cc(CO)cc2c1OCC(=O)N2CCCN(C)C. The number of aliphatic hydroxyl groups excluding tert-OH is 1. The third-order valence-corrected chi connectivity index (χ3v) is 3.66. The van der Waals surface area contributed by atoms with Crippen molar-refractivity contribution in [1.82, 2.24) is 4.90 Å². The van der Waals surface area contributed by atoms with Crippen molar-refractivity contribution in [1.29, 1.82) is 0 Å². The summed E-state index contributed by atoms with van der Waals surface area (Å²) in [7, 11) is 4.02. The van der Waals surface area contributed by atoms with Gasteiger partial charge in [-0.1, -0.05) is 6.92 Å². The largest absolute Gasteiger partial charge is 0.490 e. The van der Waals surface area contributed by atoms with Crippen molar-refractivity contribution in [3.8, 4) is 11.5 Å². The summed E-state index contributed by atoms with van der Waals surface area (Å²) >= 11 is 0. The highest BCUT2D eigenvalue weighted by Gasteiger charge is 2.28. The van der Waals surface area contributed by atoms with Crippen LogP contribution in [0.1, 0.15) is 25.3 Å². The average molecular weight is 322 g/mol. The second-order valence-electron chi connectivity index (χ2n) is 5.94. The van der Waals surface area contributed by atoms with Gasteiger partial charge in [0.05, 0.1) is 18.9 Å². The van der Waals surface area contributed by atoms with E-state index < -0.39 is 0 Å². The molecule has 0 bridgehead atoms. The van der Waals surface area contributed by atoms with Crippen molar-refractivity contribution < 1.29 is 19.4 Å². The van der Waals surface area contributed by atoms with Gasteiger partial charge in [0.2, 0.25) is 0 Å². The van der Waals surface area contributed by atoms with Gasteiger partial charge in [0.25, 0.3) is 5.91 Å². The summed E-state index contributed by atoms with van der Waals surface area (Å²) in [5.74, 6) is 1.13. The minimum Gasteiger partial charge on any atom is -0.490 e. The highest BCUT2D eigenvalue weighted by atomic mass is 16.5. The zero-order valence-corrected chi connectivity index (χ0v) is 14.2. The molecule has 0 radical (unpaired) electrons. The smallest absolute Gasteiger partial charge is 0.265 e. The van der Waals surface area contributed by atoms with Crippen LogP contribution < -0.4 is 14.4 Å². The molecule has 6 heteroatoms. The number of rotatable bonds is 8. The molecule has 0 saturated heterocycles. The second kappa shape index (κ2) is 8.17. The van der Waals surface area contributed by atoms with Crippen LogP contribution in [0.3, 0.4) is 0 Å². The van der Waals surface area contributed by atoms with Crippen molar-refractivity contribution >= 4 is 11.6 Å². The highest BCUT2D eigenvalue weighted by molar-refractivity contribution is 5.98. The quantitative estimate of drug-likeness (QED) is 0.788. The van der Waals surface area contributed by atoms with E-state index >= 15 is 0 Å². The van der Waals surface area contributed by atoms with E-state index in [0.717, 1.165) is 19.4 Å². The molecule has 0 atom stereocenters. The van der Waals surface area contributed by atoms with Crippen LogP contribution in [0.2, 0.25) is 0 Å². The molecule has 0 unspecified atom stereocenters. The first-order valence-corrected chi connectivity index (χ1v) is 8.05. The summed E-state index contributed by atoms with van der Waals surface area (Å²) in [6, 6.07) is 3.59. The Balaban J connectivity index is 2.29. The van der Waals surface area contributed by atoms with Gasteiger partial charge >= 0.3 is 0 Å². The summed E-state index contributed by atoms with van der Waals surface area (Å²) in [5.41, 5.74) is 1.41. The van der Waals surface area contributed by atoms with Crippen molar-refractivity contribution in [3.05, 3.63) is 17.7 Å². The van der Waals surface area contributed by atoms with Crippen molar-refractivity contribution in [3.63, 3.8) is 0 Å². The fourth-order valence-electron chi connectivity index (χ4n) is 2.54. The van der Waals surface area contributed by atoms with Crippen molar-refractivity contribution in [2.75, 3.05) is 45.3 Å². The van der Waals surface area contributed by atoms with Gasteiger partial charge in [-0.15, -0.1) is 0 Å². The number of benzene rings is 1. The number of amides is 1. The first-order chi connectivity index (χ1) is 11.1. The Morgan fingerprint density at radius 3 is 2.83 bits per heavy atom. The van der Waals surface area contributed by atoms with Crippen LogP contribution >= 0.6 is 0 Å². The first-order valence-electron chi connectivity index (χ1n) is 8.05. The van der Waals surface area contributed by atoms with E-state index in [0.29, 0.717) is 35.9 Å². The number of hydrogen-bond donors (Lipinski definition) is 1. The van der Waals surface area contributed by atoms with Crippen LogP contribution in [0.4, 0.5) is 5.69 Å². The Hall–Kier alpha value is -1.79. The van der Waals surface area contributed by atoms with Crippen molar-refractivity contribution in [2.45, 2.75) is 26.4 Å². The molecule has 1 aromatic carbocycles. The van der Waals surface area contributed by atoms with Gasteiger partial charge < -0.3 is 24.4 Å². The normalized spacial score (nSPS) is 14.0.